The molecule has 0 saturated heterocycles. The summed E-state index contributed by atoms with van der Waals surface area (Å²) in [5.41, 5.74) is 0.833. The highest BCUT2D eigenvalue weighted by Gasteiger charge is 2.08. The van der Waals surface area contributed by atoms with E-state index < -0.39 is 5.97 Å². The van der Waals surface area contributed by atoms with Crippen LogP contribution in [0.5, 0.6) is 5.75 Å². The average molecular weight is 212 g/mol. The first-order valence-corrected chi connectivity index (χ1v) is 4.65. The topological polar surface area (TPSA) is 65.9 Å². The molecule has 0 aliphatic carbocycles. The van der Waals surface area contributed by atoms with Crippen LogP contribution < -0.4 is 4.74 Å². The number of benzene rings is 1. The Hall–Kier alpha value is -2.54. The molecule has 1 N–H and O–H groups in total. The van der Waals surface area contributed by atoms with Gasteiger partial charge in [0, 0.05) is 6.20 Å². The highest BCUT2D eigenvalue weighted by molar-refractivity contribution is 5.89. The van der Waals surface area contributed by atoms with Crippen LogP contribution in [0, 0.1) is 11.3 Å². The van der Waals surface area contributed by atoms with Crippen molar-refractivity contribution in [2.75, 3.05) is 0 Å². The first kappa shape index (κ1) is 9.99. The van der Waals surface area contributed by atoms with Crippen molar-refractivity contribution in [1.82, 2.24) is 4.98 Å². The fourth-order valence-electron chi connectivity index (χ4n) is 1.25. The standard InChI is InChI=1S/C12H8N2O2/c13-8-9-3-1-4-10(7-9)16-12(15)11-5-2-6-14-11/h1-7,14H. The molecule has 0 radical (unpaired) electrons. The van der Waals surface area contributed by atoms with Gasteiger partial charge in [-0.3, -0.25) is 0 Å². The molecule has 2 rings (SSSR count). The highest BCUT2D eigenvalue weighted by atomic mass is 16.5. The molecule has 0 atom stereocenters. The number of hydrogen-bond acceptors (Lipinski definition) is 3. The maximum absolute atomic E-state index is 11.5. The summed E-state index contributed by atoms with van der Waals surface area (Å²) in [7, 11) is 0. The van der Waals surface area contributed by atoms with E-state index in [1.807, 2.05) is 6.07 Å². The number of nitriles is 1. The lowest BCUT2D eigenvalue weighted by molar-refractivity contribution is 0.0729. The fraction of sp³-hybridized carbons (Fsp3) is 0. The van der Waals surface area contributed by atoms with Gasteiger partial charge in [0.05, 0.1) is 11.6 Å². The SMILES string of the molecule is N#Cc1cccc(OC(=O)c2ccc[nH]2)c1. The molecule has 0 unspecified atom stereocenters. The minimum atomic E-state index is -0.472. The lowest BCUT2D eigenvalue weighted by atomic mass is 10.2. The number of aromatic nitrogens is 1. The van der Waals surface area contributed by atoms with Crippen molar-refractivity contribution in [2.24, 2.45) is 0 Å². The molecule has 2 aromatic rings. The Balaban J connectivity index is 2.16. The molecule has 1 aromatic heterocycles. The van der Waals surface area contributed by atoms with Crippen molar-refractivity contribution < 1.29 is 9.53 Å². The lowest BCUT2D eigenvalue weighted by Gasteiger charge is -2.02. The predicted molar refractivity (Wildman–Crippen MR) is 56.9 cm³/mol. The summed E-state index contributed by atoms with van der Waals surface area (Å²) in [6.07, 6.45) is 1.64. The Morgan fingerprint density at radius 1 is 1.31 bits per heavy atom. The molecule has 1 aromatic carbocycles. The average Bonchev–Trinajstić information content (AvgIpc) is 2.83. The van der Waals surface area contributed by atoms with Gasteiger partial charge in [0.1, 0.15) is 11.4 Å². The van der Waals surface area contributed by atoms with Crippen molar-refractivity contribution in [2.45, 2.75) is 0 Å². The van der Waals surface area contributed by atoms with Gasteiger partial charge >= 0.3 is 5.97 Å². The van der Waals surface area contributed by atoms with E-state index in [4.69, 9.17) is 10.00 Å². The van der Waals surface area contributed by atoms with Crippen molar-refractivity contribution in [1.29, 1.82) is 5.26 Å². The van der Waals surface area contributed by atoms with Crippen molar-refractivity contribution in [3.8, 4) is 11.8 Å². The summed E-state index contributed by atoms with van der Waals surface area (Å²) in [5.74, 6) is -0.112. The van der Waals surface area contributed by atoms with Gasteiger partial charge in [0.25, 0.3) is 0 Å². The van der Waals surface area contributed by atoms with Gasteiger partial charge in [-0.1, -0.05) is 6.07 Å². The molecule has 78 valence electrons. The Kier molecular flexibility index (Phi) is 2.70. The number of aromatic amines is 1. The van der Waals surface area contributed by atoms with Crippen molar-refractivity contribution >= 4 is 5.97 Å². The molecule has 0 bridgehead atoms. The largest absolute Gasteiger partial charge is 0.422 e. The predicted octanol–water partition coefficient (Wildman–Crippen LogP) is 2.11. The molecule has 4 heteroatoms. The van der Waals surface area contributed by atoms with Gasteiger partial charge in [-0.05, 0) is 30.3 Å². The maximum Gasteiger partial charge on any atom is 0.360 e. The quantitative estimate of drug-likeness (QED) is 0.612. The summed E-state index contributed by atoms with van der Waals surface area (Å²) < 4.78 is 5.08. The maximum atomic E-state index is 11.5. The zero-order chi connectivity index (χ0) is 11.4. The number of carbonyl (C=O) groups excluding carboxylic acids is 1. The fourth-order valence-corrected chi connectivity index (χ4v) is 1.25. The molecule has 0 spiro atoms. The van der Waals surface area contributed by atoms with Crippen LogP contribution in [-0.4, -0.2) is 11.0 Å². The van der Waals surface area contributed by atoms with E-state index in [2.05, 4.69) is 4.98 Å². The molecule has 0 amide bonds. The van der Waals surface area contributed by atoms with E-state index in [1.165, 1.54) is 6.07 Å². The van der Waals surface area contributed by atoms with Crippen LogP contribution in [0.2, 0.25) is 0 Å². The van der Waals surface area contributed by atoms with E-state index in [9.17, 15) is 4.79 Å². The number of esters is 1. The summed E-state index contributed by atoms with van der Waals surface area (Å²) >= 11 is 0. The van der Waals surface area contributed by atoms with Crippen molar-refractivity contribution in [3.63, 3.8) is 0 Å². The highest BCUT2D eigenvalue weighted by Crippen LogP contribution is 2.14. The summed E-state index contributed by atoms with van der Waals surface area (Å²) in [6, 6.07) is 11.8. The van der Waals surface area contributed by atoms with E-state index in [1.54, 1.807) is 36.5 Å². The second-order valence-corrected chi connectivity index (χ2v) is 3.11. The molecule has 0 aliphatic rings. The third-order valence-corrected chi connectivity index (χ3v) is 1.99. The smallest absolute Gasteiger partial charge is 0.360 e. The zero-order valence-corrected chi connectivity index (χ0v) is 8.31. The summed E-state index contributed by atoms with van der Waals surface area (Å²) in [6.45, 7) is 0. The molecule has 0 aliphatic heterocycles. The number of H-pyrrole nitrogens is 1. The molecule has 0 saturated carbocycles. The van der Waals surface area contributed by atoms with E-state index in [0.29, 0.717) is 17.0 Å². The number of nitrogens with one attached hydrogen (secondary N) is 1. The number of hydrogen-bond donors (Lipinski definition) is 1. The van der Waals surface area contributed by atoms with Gasteiger partial charge < -0.3 is 9.72 Å². The van der Waals surface area contributed by atoms with E-state index in [-0.39, 0.29) is 0 Å². The third-order valence-electron chi connectivity index (χ3n) is 1.99. The van der Waals surface area contributed by atoms with Crippen LogP contribution >= 0.6 is 0 Å². The minimum Gasteiger partial charge on any atom is -0.422 e. The molecule has 16 heavy (non-hydrogen) atoms. The summed E-state index contributed by atoms with van der Waals surface area (Å²) in [4.78, 5) is 14.3. The Labute approximate surface area is 92.1 Å². The van der Waals surface area contributed by atoms with Crippen LogP contribution in [0.1, 0.15) is 16.1 Å². The number of ether oxygens (including phenoxy) is 1. The van der Waals surface area contributed by atoms with Gasteiger partial charge in [-0.2, -0.15) is 5.26 Å². The molecular formula is C12H8N2O2. The van der Waals surface area contributed by atoms with Gasteiger partial charge in [0.2, 0.25) is 0 Å². The Morgan fingerprint density at radius 2 is 2.19 bits per heavy atom. The Bertz CT molecular complexity index is 538. The molecular weight excluding hydrogens is 204 g/mol. The zero-order valence-electron chi connectivity index (χ0n) is 8.31. The van der Waals surface area contributed by atoms with Crippen LogP contribution in [0.15, 0.2) is 42.6 Å². The van der Waals surface area contributed by atoms with Gasteiger partial charge in [0.15, 0.2) is 0 Å². The normalized spacial score (nSPS) is 9.44. The second-order valence-electron chi connectivity index (χ2n) is 3.11. The molecule has 4 nitrogen and oxygen atoms in total. The molecule has 0 fully saturated rings. The third kappa shape index (κ3) is 2.10. The Morgan fingerprint density at radius 3 is 2.88 bits per heavy atom. The van der Waals surface area contributed by atoms with Crippen LogP contribution in [0.4, 0.5) is 0 Å². The van der Waals surface area contributed by atoms with Crippen LogP contribution in [-0.2, 0) is 0 Å². The number of rotatable bonds is 2. The molecule has 1 heterocycles. The lowest BCUT2D eigenvalue weighted by Crippen LogP contribution is -2.08. The van der Waals surface area contributed by atoms with E-state index in [0.717, 1.165) is 0 Å². The van der Waals surface area contributed by atoms with E-state index >= 15 is 0 Å². The van der Waals surface area contributed by atoms with Crippen LogP contribution in [0.3, 0.4) is 0 Å². The first-order chi connectivity index (χ1) is 7.79. The van der Waals surface area contributed by atoms with Crippen LogP contribution in [0.25, 0.3) is 0 Å². The monoisotopic (exact) mass is 212 g/mol. The number of nitrogens with zero attached hydrogens (tertiary/aromatic N) is 1. The minimum absolute atomic E-state index is 0.360. The van der Waals surface area contributed by atoms with Gasteiger partial charge in [-0.15, -0.1) is 0 Å². The van der Waals surface area contributed by atoms with Gasteiger partial charge in [-0.25, -0.2) is 4.79 Å². The first-order valence-electron chi connectivity index (χ1n) is 4.65. The number of carbonyl (C=O) groups is 1. The van der Waals surface area contributed by atoms with Crippen molar-refractivity contribution in [3.05, 3.63) is 53.9 Å². The summed E-state index contributed by atoms with van der Waals surface area (Å²) in [5, 5.41) is 8.68. The second kappa shape index (κ2) is 4.32.